The molecule has 0 N–H and O–H groups in total. The molecule has 0 atom stereocenters. The molecule has 1 aromatic heterocycles. The van der Waals surface area contributed by atoms with Gasteiger partial charge in [0.05, 0.1) is 23.9 Å². The van der Waals surface area contributed by atoms with Crippen LogP contribution in [0.3, 0.4) is 0 Å². The lowest BCUT2D eigenvalue weighted by molar-refractivity contribution is -0.141. The molecule has 3 heterocycles. The lowest BCUT2D eigenvalue weighted by atomic mass is 9.93. The van der Waals surface area contributed by atoms with Crippen molar-refractivity contribution in [3.63, 3.8) is 0 Å². The normalized spacial score (nSPS) is 15.2. The van der Waals surface area contributed by atoms with E-state index >= 15 is 0 Å². The van der Waals surface area contributed by atoms with Crippen molar-refractivity contribution in [2.45, 2.75) is 26.8 Å². The van der Waals surface area contributed by atoms with Gasteiger partial charge < -0.3 is 14.2 Å². The number of benzene rings is 3. The van der Waals surface area contributed by atoms with Crippen LogP contribution in [0.5, 0.6) is 17.2 Å². The molecule has 3 aromatic carbocycles. The highest BCUT2D eigenvalue weighted by Gasteiger charge is 2.36. The SMILES string of the molecule is CCCOc1ccc(-c2nn(-c3ccccc3)cc2/C=C2/C(=O)N(Cc3ccc4c(c3)OCO4)C(=O)C(C#N)=C2C)cc1Cl. The third kappa shape index (κ3) is 5.43. The third-order valence-electron chi connectivity index (χ3n) is 7.33. The van der Waals surface area contributed by atoms with E-state index in [9.17, 15) is 14.9 Å². The van der Waals surface area contributed by atoms with E-state index in [0.29, 0.717) is 56.8 Å². The summed E-state index contributed by atoms with van der Waals surface area (Å²) >= 11 is 6.58. The van der Waals surface area contributed by atoms with E-state index in [1.807, 2.05) is 49.4 Å². The minimum absolute atomic E-state index is 0.0466. The molecule has 0 fully saturated rings. The Morgan fingerprint density at radius 2 is 1.84 bits per heavy atom. The molecule has 10 heteroatoms. The first-order chi connectivity index (χ1) is 21.4. The molecular weight excluding hydrogens is 580 g/mol. The van der Waals surface area contributed by atoms with Crippen LogP contribution in [0.1, 0.15) is 31.4 Å². The second kappa shape index (κ2) is 12.1. The molecule has 0 bridgehead atoms. The molecule has 0 saturated heterocycles. The van der Waals surface area contributed by atoms with Crippen LogP contribution in [-0.2, 0) is 16.1 Å². The second-order valence-electron chi connectivity index (χ2n) is 10.3. The highest BCUT2D eigenvalue weighted by Crippen LogP contribution is 2.36. The first-order valence-corrected chi connectivity index (χ1v) is 14.4. The fourth-order valence-corrected chi connectivity index (χ4v) is 5.29. The van der Waals surface area contributed by atoms with Gasteiger partial charge in [0.2, 0.25) is 6.79 Å². The lowest BCUT2D eigenvalue weighted by Gasteiger charge is -2.27. The van der Waals surface area contributed by atoms with Crippen LogP contribution in [0.2, 0.25) is 5.02 Å². The fourth-order valence-electron chi connectivity index (χ4n) is 5.06. The number of ether oxygens (including phenoxy) is 3. The first kappa shape index (κ1) is 28.8. The molecule has 4 aromatic rings. The van der Waals surface area contributed by atoms with Gasteiger partial charge >= 0.3 is 0 Å². The zero-order chi connectivity index (χ0) is 30.8. The number of nitriles is 1. The molecule has 44 heavy (non-hydrogen) atoms. The molecule has 0 unspecified atom stereocenters. The van der Waals surface area contributed by atoms with Gasteiger partial charge in [-0.3, -0.25) is 14.5 Å². The van der Waals surface area contributed by atoms with E-state index < -0.39 is 11.8 Å². The quantitative estimate of drug-likeness (QED) is 0.166. The summed E-state index contributed by atoms with van der Waals surface area (Å²) in [6.45, 7) is 4.22. The van der Waals surface area contributed by atoms with Gasteiger partial charge in [-0.1, -0.05) is 42.8 Å². The summed E-state index contributed by atoms with van der Waals surface area (Å²) in [6.07, 6.45) is 4.32. The van der Waals surface area contributed by atoms with Gasteiger partial charge in [0.1, 0.15) is 23.1 Å². The van der Waals surface area contributed by atoms with Gasteiger partial charge in [-0.2, -0.15) is 10.4 Å². The topological polar surface area (TPSA) is 107 Å². The van der Waals surface area contributed by atoms with Gasteiger partial charge in [0.15, 0.2) is 11.5 Å². The van der Waals surface area contributed by atoms with Crippen LogP contribution >= 0.6 is 11.6 Å². The number of fused-ring (bicyclic) bond motifs is 1. The van der Waals surface area contributed by atoms with Crippen molar-refractivity contribution in [1.29, 1.82) is 5.26 Å². The molecule has 2 aliphatic heterocycles. The zero-order valence-electron chi connectivity index (χ0n) is 24.0. The van der Waals surface area contributed by atoms with Crippen molar-refractivity contribution in [2.24, 2.45) is 0 Å². The predicted molar refractivity (Wildman–Crippen MR) is 164 cm³/mol. The number of hydrogen-bond donors (Lipinski definition) is 0. The molecule has 220 valence electrons. The van der Waals surface area contributed by atoms with Crippen molar-refractivity contribution in [3.8, 4) is 40.3 Å². The van der Waals surface area contributed by atoms with Crippen LogP contribution in [-0.4, -0.2) is 39.9 Å². The predicted octanol–water partition coefficient (Wildman–Crippen LogP) is 6.50. The molecule has 0 saturated carbocycles. The highest BCUT2D eigenvalue weighted by atomic mass is 35.5. The second-order valence-corrected chi connectivity index (χ2v) is 10.7. The van der Waals surface area contributed by atoms with E-state index in [-0.39, 0.29) is 24.5 Å². The zero-order valence-corrected chi connectivity index (χ0v) is 24.8. The minimum Gasteiger partial charge on any atom is -0.492 e. The minimum atomic E-state index is -0.653. The van der Waals surface area contributed by atoms with E-state index in [2.05, 4.69) is 0 Å². The Labute approximate surface area is 259 Å². The summed E-state index contributed by atoms with van der Waals surface area (Å²) < 4.78 is 18.3. The Balaban J connectivity index is 1.44. The maximum Gasteiger partial charge on any atom is 0.271 e. The number of aromatic nitrogens is 2. The van der Waals surface area contributed by atoms with Gasteiger partial charge in [-0.15, -0.1) is 0 Å². The molecule has 6 rings (SSSR count). The molecule has 2 amide bonds. The first-order valence-electron chi connectivity index (χ1n) is 14.0. The number of imide groups is 1. The van der Waals surface area contributed by atoms with Crippen molar-refractivity contribution in [2.75, 3.05) is 13.4 Å². The lowest BCUT2D eigenvalue weighted by Crippen LogP contribution is -2.42. The number of para-hydroxylation sites is 1. The number of carbonyl (C=O) groups excluding carboxylic acids is 2. The smallest absolute Gasteiger partial charge is 0.271 e. The Morgan fingerprint density at radius 1 is 1.05 bits per heavy atom. The average Bonchev–Trinajstić information content (AvgIpc) is 3.68. The Kier molecular flexibility index (Phi) is 7.92. The summed E-state index contributed by atoms with van der Waals surface area (Å²) in [7, 11) is 0. The standard InChI is InChI=1S/C34H27ClN4O5/c1-3-13-42-29-12-10-23(16-28(29)35)32-24(19-39(37-32)25-7-5-4-6-8-25)15-26-21(2)27(17-36)34(41)38(33(26)40)18-22-9-11-30-31(14-22)44-20-43-30/h4-12,14-16,19H,3,13,18,20H2,1-2H3/b26-15+. The van der Waals surface area contributed by atoms with Crippen LogP contribution in [0, 0.1) is 11.3 Å². The van der Waals surface area contributed by atoms with Crippen molar-refractivity contribution >= 4 is 29.5 Å². The maximum absolute atomic E-state index is 13.9. The average molecular weight is 607 g/mol. The Morgan fingerprint density at radius 3 is 2.59 bits per heavy atom. The molecular formula is C34H27ClN4O5. The van der Waals surface area contributed by atoms with Crippen LogP contribution in [0.4, 0.5) is 0 Å². The summed E-state index contributed by atoms with van der Waals surface area (Å²) in [4.78, 5) is 28.4. The molecule has 0 spiro atoms. The largest absolute Gasteiger partial charge is 0.492 e. The number of amides is 2. The van der Waals surface area contributed by atoms with E-state index in [1.165, 1.54) is 0 Å². The fraction of sp³-hybridized carbons (Fsp3) is 0.176. The Bertz CT molecular complexity index is 1890. The van der Waals surface area contributed by atoms with E-state index in [0.717, 1.165) is 17.0 Å². The van der Waals surface area contributed by atoms with Crippen molar-refractivity contribution in [3.05, 3.63) is 106 Å². The molecule has 2 aliphatic rings. The van der Waals surface area contributed by atoms with Crippen LogP contribution < -0.4 is 14.2 Å². The monoisotopic (exact) mass is 606 g/mol. The maximum atomic E-state index is 13.9. The van der Waals surface area contributed by atoms with Gasteiger partial charge in [-0.05, 0) is 73.0 Å². The van der Waals surface area contributed by atoms with Crippen LogP contribution in [0.15, 0.2) is 89.6 Å². The number of hydrogen-bond acceptors (Lipinski definition) is 7. The highest BCUT2D eigenvalue weighted by molar-refractivity contribution is 6.32. The number of rotatable bonds is 8. The summed E-state index contributed by atoms with van der Waals surface area (Å²) in [6, 6.07) is 22.2. The number of carbonyl (C=O) groups is 2. The summed E-state index contributed by atoms with van der Waals surface area (Å²) in [5.74, 6) is 0.512. The molecule has 9 nitrogen and oxygen atoms in total. The molecule has 0 radical (unpaired) electrons. The van der Waals surface area contributed by atoms with Crippen molar-refractivity contribution in [1.82, 2.24) is 14.7 Å². The van der Waals surface area contributed by atoms with Gasteiger partial charge in [-0.25, -0.2) is 4.68 Å². The van der Waals surface area contributed by atoms with Crippen LogP contribution in [0.25, 0.3) is 23.0 Å². The van der Waals surface area contributed by atoms with E-state index in [4.69, 9.17) is 30.9 Å². The molecule has 0 aliphatic carbocycles. The summed E-state index contributed by atoms with van der Waals surface area (Å²) in [5, 5.41) is 15.2. The summed E-state index contributed by atoms with van der Waals surface area (Å²) in [5.41, 5.74) is 3.74. The Hall–Kier alpha value is -5.33. The van der Waals surface area contributed by atoms with Gasteiger partial charge in [0.25, 0.3) is 11.8 Å². The van der Waals surface area contributed by atoms with E-state index in [1.54, 1.807) is 54.2 Å². The third-order valence-corrected chi connectivity index (χ3v) is 7.63. The number of nitrogens with zero attached hydrogens (tertiary/aromatic N) is 4. The van der Waals surface area contributed by atoms with Gasteiger partial charge in [0, 0.05) is 22.9 Å². The number of halogens is 1. The van der Waals surface area contributed by atoms with Crippen molar-refractivity contribution < 1.29 is 23.8 Å².